The normalized spacial score (nSPS) is 19.0. The molecule has 1 amide bonds. The van der Waals surface area contributed by atoms with Gasteiger partial charge in [0.25, 0.3) is 0 Å². The maximum absolute atomic E-state index is 13.3. The number of methoxy groups -OCH3 is 1. The molecule has 0 unspecified atom stereocenters. The van der Waals surface area contributed by atoms with Crippen LogP contribution in [-0.4, -0.2) is 58.1 Å². The molecule has 1 fully saturated rings. The number of nitrogens with one attached hydrogen (secondary N) is 2. The largest absolute Gasteiger partial charge is 0.497 e. The van der Waals surface area contributed by atoms with E-state index >= 15 is 0 Å². The first-order chi connectivity index (χ1) is 19.1. The van der Waals surface area contributed by atoms with Gasteiger partial charge in [-0.05, 0) is 79.1 Å². The number of ether oxygens (including phenoxy) is 1. The standard InChI is InChI=1S/C31H35N5O3.2ClH/c1-39-24-9-10-25-22(18-24)8-11-27(26(25)17-21-5-4-14-32-19-21)33-30(37)20-35-15-12-23(13-16-35)36-29-7-3-2-6-28(29)34-31(36)38;;/h2-7,9-10,14,18-19,23,26-27H,8,11-13,15-17,20H2,1H3,(H,33,37)(H,34,38);2*1H/t26-,27-;;/m1../s1. The molecule has 8 nitrogen and oxygen atoms in total. The highest BCUT2D eigenvalue weighted by atomic mass is 35.5. The van der Waals surface area contributed by atoms with Crippen LogP contribution in [0.1, 0.15) is 47.9 Å². The summed E-state index contributed by atoms with van der Waals surface area (Å²) in [5, 5.41) is 3.39. The molecular weight excluding hydrogens is 561 g/mol. The van der Waals surface area contributed by atoms with Crippen molar-refractivity contribution in [2.75, 3.05) is 26.7 Å². The van der Waals surface area contributed by atoms with Gasteiger partial charge >= 0.3 is 5.69 Å². The molecular formula is C31H37Cl2N5O3. The summed E-state index contributed by atoms with van der Waals surface area (Å²) in [6.07, 6.45) is 8.02. The van der Waals surface area contributed by atoms with Crippen LogP contribution in [0.4, 0.5) is 0 Å². The van der Waals surface area contributed by atoms with Crippen LogP contribution in [0.2, 0.25) is 0 Å². The number of amides is 1. The number of carbonyl (C=O) groups is 1. The quantitative estimate of drug-likeness (QED) is 0.323. The van der Waals surface area contributed by atoms with E-state index in [9.17, 15) is 9.59 Å². The number of halogens is 2. The molecule has 10 heteroatoms. The highest BCUT2D eigenvalue weighted by Gasteiger charge is 2.32. The zero-order valence-corrected chi connectivity index (χ0v) is 24.8. The van der Waals surface area contributed by atoms with Crippen molar-refractivity contribution >= 4 is 41.8 Å². The summed E-state index contributed by atoms with van der Waals surface area (Å²) < 4.78 is 7.36. The lowest BCUT2D eigenvalue weighted by Gasteiger charge is -2.36. The molecule has 0 bridgehead atoms. The minimum atomic E-state index is -0.0535. The Morgan fingerprint density at radius 1 is 1.07 bits per heavy atom. The van der Waals surface area contributed by atoms with Crippen molar-refractivity contribution in [1.29, 1.82) is 0 Å². The molecule has 0 spiro atoms. The average molecular weight is 599 g/mol. The minimum Gasteiger partial charge on any atom is -0.497 e. The monoisotopic (exact) mass is 597 g/mol. The van der Waals surface area contributed by atoms with Crippen LogP contribution in [0.5, 0.6) is 5.75 Å². The van der Waals surface area contributed by atoms with Gasteiger partial charge in [-0.15, -0.1) is 24.8 Å². The molecule has 1 saturated heterocycles. The lowest BCUT2D eigenvalue weighted by Crippen LogP contribution is -2.48. The number of fused-ring (bicyclic) bond motifs is 2. The van der Waals surface area contributed by atoms with Gasteiger partial charge in [-0.25, -0.2) is 4.79 Å². The van der Waals surface area contributed by atoms with Crippen LogP contribution in [-0.2, 0) is 17.6 Å². The fourth-order valence-corrected chi connectivity index (χ4v) is 6.44. The number of hydrogen-bond acceptors (Lipinski definition) is 5. The lowest BCUT2D eigenvalue weighted by molar-refractivity contribution is -0.123. The second kappa shape index (κ2) is 13.6. The molecule has 0 radical (unpaired) electrons. The Labute approximate surface area is 252 Å². The van der Waals surface area contributed by atoms with Crippen molar-refractivity contribution in [3.63, 3.8) is 0 Å². The number of imidazole rings is 1. The van der Waals surface area contributed by atoms with Gasteiger partial charge in [0.1, 0.15) is 5.75 Å². The van der Waals surface area contributed by atoms with Crippen molar-refractivity contribution in [2.45, 2.75) is 50.1 Å². The highest BCUT2D eigenvalue weighted by molar-refractivity contribution is 5.85. The molecule has 2 aromatic heterocycles. The molecule has 4 aromatic rings. The number of hydrogen-bond donors (Lipinski definition) is 2. The molecule has 41 heavy (non-hydrogen) atoms. The fourth-order valence-electron chi connectivity index (χ4n) is 6.44. The van der Waals surface area contributed by atoms with Crippen molar-refractivity contribution in [1.82, 2.24) is 24.8 Å². The maximum Gasteiger partial charge on any atom is 0.326 e. The Bertz CT molecular complexity index is 1520. The van der Waals surface area contributed by atoms with Crippen LogP contribution in [0, 0.1) is 0 Å². The van der Waals surface area contributed by atoms with Gasteiger partial charge < -0.3 is 15.0 Å². The predicted octanol–water partition coefficient (Wildman–Crippen LogP) is 4.67. The summed E-state index contributed by atoms with van der Waals surface area (Å²) >= 11 is 0. The summed E-state index contributed by atoms with van der Waals surface area (Å²) in [5.41, 5.74) is 5.51. The van der Waals surface area contributed by atoms with E-state index in [-0.39, 0.29) is 54.4 Å². The Morgan fingerprint density at radius 3 is 2.63 bits per heavy atom. The zero-order valence-electron chi connectivity index (χ0n) is 23.1. The lowest BCUT2D eigenvalue weighted by atomic mass is 9.76. The van der Waals surface area contributed by atoms with Crippen LogP contribution >= 0.6 is 24.8 Å². The Kier molecular flexibility index (Phi) is 10.1. The van der Waals surface area contributed by atoms with E-state index in [0.29, 0.717) is 6.54 Å². The third kappa shape index (κ3) is 6.61. The van der Waals surface area contributed by atoms with E-state index in [4.69, 9.17) is 4.74 Å². The molecule has 1 aliphatic heterocycles. The molecule has 2 N–H and O–H groups in total. The van der Waals surface area contributed by atoms with Crippen LogP contribution in [0.25, 0.3) is 11.0 Å². The molecule has 3 heterocycles. The van der Waals surface area contributed by atoms with Gasteiger partial charge in [-0.2, -0.15) is 0 Å². The van der Waals surface area contributed by atoms with E-state index in [1.807, 2.05) is 47.2 Å². The Morgan fingerprint density at radius 2 is 1.88 bits per heavy atom. The molecule has 2 atom stereocenters. The molecule has 0 saturated carbocycles. The first-order valence-corrected chi connectivity index (χ1v) is 13.9. The third-order valence-electron chi connectivity index (χ3n) is 8.40. The number of benzene rings is 2. The summed E-state index contributed by atoms with van der Waals surface area (Å²) in [6, 6.07) is 18.4. The fraction of sp³-hybridized carbons (Fsp3) is 0.387. The van der Waals surface area contributed by atoms with E-state index in [1.165, 1.54) is 16.7 Å². The van der Waals surface area contributed by atoms with E-state index in [1.54, 1.807) is 13.3 Å². The number of H-pyrrole nitrogens is 1. The maximum atomic E-state index is 13.3. The van der Waals surface area contributed by atoms with Crippen LogP contribution in [0.3, 0.4) is 0 Å². The molecule has 218 valence electrons. The topological polar surface area (TPSA) is 92.2 Å². The molecule has 2 aromatic carbocycles. The van der Waals surface area contributed by atoms with Crippen LogP contribution in [0.15, 0.2) is 71.8 Å². The van der Waals surface area contributed by atoms with Crippen molar-refractivity contribution in [2.24, 2.45) is 0 Å². The van der Waals surface area contributed by atoms with E-state index < -0.39 is 0 Å². The number of rotatable bonds is 7. The highest BCUT2D eigenvalue weighted by Crippen LogP contribution is 2.36. The Balaban J connectivity index is 0.00000194. The van der Waals surface area contributed by atoms with Gasteiger partial charge in [0, 0.05) is 43.5 Å². The van der Waals surface area contributed by atoms with Gasteiger partial charge in [0.15, 0.2) is 0 Å². The molecule has 6 rings (SSSR count). The molecule has 2 aliphatic rings. The third-order valence-corrected chi connectivity index (χ3v) is 8.40. The second-order valence-electron chi connectivity index (χ2n) is 10.8. The second-order valence-corrected chi connectivity index (χ2v) is 10.8. The molecule has 1 aliphatic carbocycles. The zero-order chi connectivity index (χ0) is 26.8. The SMILES string of the molecule is COc1ccc2c(c1)CC[C@@H](NC(=O)CN1CCC(n3c(=O)[nH]c4ccccc43)CC1)[C@@H]2Cc1cccnc1.Cl.Cl. The number of nitrogens with zero attached hydrogens (tertiary/aromatic N) is 3. The number of aromatic nitrogens is 3. The number of pyridine rings is 1. The van der Waals surface area contributed by atoms with Crippen molar-refractivity contribution in [3.05, 3.63) is 94.2 Å². The first-order valence-electron chi connectivity index (χ1n) is 13.9. The average Bonchev–Trinajstić information content (AvgIpc) is 3.30. The first kappa shape index (κ1) is 30.6. The smallest absolute Gasteiger partial charge is 0.326 e. The van der Waals surface area contributed by atoms with Crippen LogP contribution < -0.4 is 15.7 Å². The number of piperidine rings is 1. The number of carbonyl (C=O) groups excluding carboxylic acids is 1. The Hall–Kier alpha value is -3.33. The summed E-state index contributed by atoms with van der Waals surface area (Å²) in [7, 11) is 1.70. The van der Waals surface area contributed by atoms with Gasteiger partial charge in [-0.1, -0.05) is 24.3 Å². The van der Waals surface area contributed by atoms with Gasteiger partial charge in [0.2, 0.25) is 5.91 Å². The summed E-state index contributed by atoms with van der Waals surface area (Å²) in [4.78, 5) is 35.4. The van der Waals surface area contributed by atoms with E-state index in [0.717, 1.165) is 62.0 Å². The van der Waals surface area contributed by atoms with Crippen molar-refractivity contribution < 1.29 is 9.53 Å². The summed E-state index contributed by atoms with van der Waals surface area (Å²) in [6.45, 7) is 1.95. The summed E-state index contributed by atoms with van der Waals surface area (Å²) in [5.74, 6) is 1.11. The van der Waals surface area contributed by atoms with Crippen molar-refractivity contribution in [3.8, 4) is 5.75 Å². The van der Waals surface area contributed by atoms with Gasteiger partial charge in [0.05, 0.1) is 24.7 Å². The predicted molar refractivity (Wildman–Crippen MR) is 166 cm³/mol. The number of aromatic amines is 1. The number of likely N-dealkylation sites (tertiary alicyclic amines) is 1. The number of aryl methyl sites for hydroxylation is 1. The minimum absolute atomic E-state index is 0. The number of para-hydroxylation sites is 2. The van der Waals surface area contributed by atoms with E-state index in [2.05, 4.69) is 38.4 Å². The van der Waals surface area contributed by atoms with Gasteiger partial charge in [-0.3, -0.25) is 19.2 Å².